The number of allylic oxidation sites excluding steroid dienone is 4. The SMILES string of the molecule is ClC1=C(Cl)CC(Cl)(Cl)C(c2ccc(Cl)c(Cl)c2)=C1. The summed E-state index contributed by atoms with van der Waals surface area (Å²) in [4.78, 5) is 0. The van der Waals surface area contributed by atoms with Crippen LogP contribution in [0.3, 0.4) is 0 Å². The van der Waals surface area contributed by atoms with E-state index in [9.17, 15) is 0 Å². The van der Waals surface area contributed by atoms with Crippen molar-refractivity contribution in [3.63, 3.8) is 0 Å². The molecule has 1 aromatic rings. The fraction of sp³-hybridized carbons (Fsp3) is 0.167. The van der Waals surface area contributed by atoms with E-state index in [1.54, 1.807) is 24.3 Å². The van der Waals surface area contributed by atoms with Gasteiger partial charge in [0.15, 0.2) is 0 Å². The molecule has 0 heterocycles. The van der Waals surface area contributed by atoms with Gasteiger partial charge in [-0.25, -0.2) is 0 Å². The van der Waals surface area contributed by atoms with Crippen molar-refractivity contribution in [3.8, 4) is 0 Å². The second-order valence-corrected chi connectivity index (χ2v) is 6.98. The van der Waals surface area contributed by atoms with Gasteiger partial charge in [-0.05, 0) is 29.3 Å². The van der Waals surface area contributed by atoms with Crippen LogP contribution < -0.4 is 0 Å². The molecule has 0 amide bonds. The van der Waals surface area contributed by atoms with Gasteiger partial charge < -0.3 is 0 Å². The summed E-state index contributed by atoms with van der Waals surface area (Å²) in [5.41, 5.74) is 1.41. The number of rotatable bonds is 1. The number of halogens is 6. The van der Waals surface area contributed by atoms with E-state index in [-0.39, 0.29) is 6.42 Å². The van der Waals surface area contributed by atoms with Crippen LogP contribution in [-0.4, -0.2) is 4.33 Å². The highest BCUT2D eigenvalue weighted by atomic mass is 35.5. The van der Waals surface area contributed by atoms with Gasteiger partial charge in [0.25, 0.3) is 0 Å². The van der Waals surface area contributed by atoms with Crippen LogP contribution in [0, 0.1) is 0 Å². The molecule has 0 aromatic heterocycles. The molecule has 6 heteroatoms. The minimum atomic E-state index is -1.13. The molecular weight excluding hydrogens is 357 g/mol. The standard InChI is InChI=1S/C12H6Cl6/c13-8-2-1-6(3-9(8)14)7-4-10(15)11(16)5-12(7,17)18/h1-4H,5H2. The second kappa shape index (κ2) is 5.44. The molecular formula is C12H6Cl6. The molecule has 0 aliphatic heterocycles. The van der Waals surface area contributed by atoms with Gasteiger partial charge in [-0.1, -0.05) is 75.7 Å². The maximum absolute atomic E-state index is 6.27. The van der Waals surface area contributed by atoms with Crippen molar-refractivity contribution in [3.05, 3.63) is 49.9 Å². The van der Waals surface area contributed by atoms with E-state index in [0.717, 1.165) is 5.56 Å². The van der Waals surface area contributed by atoms with Crippen molar-refractivity contribution in [2.45, 2.75) is 10.8 Å². The Morgan fingerprint density at radius 3 is 2.22 bits per heavy atom. The van der Waals surface area contributed by atoms with Crippen LogP contribution in [0.1, 0.15) is 12.0 Å². The zero-order valence-electron chi connectivity index (χ0n) is 8.78. The van der Waals surface area contributed by atoms with Crippen LogP contribution in [0.15, 0.2) is 34.3 Å². The molecule has 0 atom stereocenters. The highest BCUT2D eigenvalue weighted by Crippen LogP contribution is 2.48. The topological polar surface area (TPSA) is 0 Å². The third kappa shape index (κ3) is 2.95. The van der Waals surface area contributed by atoms with E-state index in [4.69, 9.17) is 69.6 Å². The maximum atomic E-state index is 6.27. The molecule has 0 radical (unpaired) electrons. The van der Waals surface area contributed by atoms with E-state index in [1.165, 1.54) is 0 Å². The Morgan fingerprint density at radius 1 is 0.944 bits per heavy atom. The lowest BCUT2D eigenvalue weighted by Crippen LogP contribution is -2.18. The van der Waals surface area contributed by atoms with Crippen LogP contribution >= 0.6 is 69.6 Å². The molecule has 1 aliphatic carbocycles. The van der Waals surface area contributed by atoms with Crippen LogP contribution in [0.5, 0.6) is 0 Å². The molecule has 1 aromatic carbocycles. The molecule has 96 valence electrons. The summed E-state index contributed by atoms with van der Waals surface area (Å²) in [7, 11) is 0. The van der Waals surface area contributed by atoms with Gasteiger partial charge in [0.05, 0.1) is 15.1 Å². The van der Waals surface area contributed by atoms with Gasteiger partial charge in [-0.15, -0.1) is 0 Å². The molecule has 0 bridgehead atoms. The zero-order valence-corrected chi connectivity index (χ0v) is 13.3. The van der Waals surface area contributed by atoms with Gasteiger partial charge in [0.1, 0.15) is 4.33 Å². The largest absolute Gasteiger partial charge is 0.148 e. The summed E-state index contributed by atoms with van der Waals surface area (Å²) in [6.45, 7) is 0. The summed E-state index contributed by atoms with van der Waals surface area (Å²) >= 11 is 36.3. The smallest absolute Gasteiger partial charge is 0.0959 e. The number of benzene rings is 1. The monoisotopic (exact) mass is 360 g/mol. The summed E-state index contributed by atoms with van der Waals surface area (Å²) in [5, 5.41) is 1.75. The second-order valence-electron chi connectivity index (χ2n) is 3.82. The van der Waals surface area contributed by atoms with Crippen LogP contribution in [0.2, 0.25) is 10.0 Å². The number of hydrogen-bond donors (Lipinski definition) is 0. The van der Waals surface area contributed by atoms with Gasteiger partial charge in [-0.3, -0.25) is 0 Å². The van der Waals surface area contributed by atoms with Crippen molar-refractivity contribution in [1.29, 1.82) is 0 Å². The Labute approximate surface area is 135 Å². The first kappa shape index (κ1) is 14.8. The van der Waals surface area contributed by atoms with E-state index in [2.05, 4.69) is 0 Å². The molecule has 2 rings (SSSR count). The average molecular weight is 363 g/mol. The minimum absolute atomic E-state index is 0.253. The lowest BCUT2D eigenvalue weighted by molar-refractivity contribution is 0.961. The number of alkyl halides is 2. The van der Waals surface area contributed by atoms with Gasteiger partial charge in [0.2, 0.25) is 0 Å². The Kier molecular flexibility index (Phi) is 4.48. The van der Waals surface area contributed by atoms with Crippen LogP contribution in [0.25, 0.3) is 5.57 Å². The highest BCUT2D eigenvalue weighted by Gasteiger charge is 2.35. The predicted octanol–water partition coefficient (Wildman–Crippen LogP) is 6.64. The van der Waals surface area contributed by atoms with Crippen LogP contribution in [0.4, 0.5) is 0 Å². The predicted molar refractivity (Wildman–Crippen MR) is 82.2 cm³/mol. The molecule has 0 N–H and O–H groups in total. The quantitative estimate of drug-likeness (QED) is 0.491. The van der Waals surface area contributed by atoms with Gasteiger partial charge >= 0.3 is 0 Å². The summed E-state index contributed by atoms with van der Waals surface area (Å²) in [6, 6.07) is 5.15. The summed E-state index contributed by atoms with van der Waals surface area (Å²) in [5.74, 6) is 0. The third-order valence-electron chi connectivity index (χ3n) is 2.53. The third-order valence-corrected chi connectivity index (χ3v) is 4.72. The summed E-state index contributed by atoms with van der Waals surface area (Å²) < 4.78 is -1.13. The lowest BCUT2D eigenvalue weighted by Gasteiger charge is -2.27. The van der Waals surface area contributed by atoms with Gasteiger partial charge in [-0.2, -0.15) is 0 Å². The van der Waals surface area contributed by atoms with Crippen molar-refractivity contribution < 1.29 is 0 Å². The fourth-order valence-electron chi connectivity index (χ4n) is 1.64. The van der Waals surface area contributed by atoms with Crippen molar-refractivity contribution >= 4 is 75.2 Å². The first-order chi connectivity index (χ1) is 8.31. The molecule has 18 heavy (non-hydrogen) atoms. The van der Waals surface area contributed by atoms with Crippen molar-refractivity contribution in [2.24, 2.45) is 0 Å². The maximum Gasteiger partial charge on any atom is 0.148 e. The van der Waals surface area contributed by atoms with Crippen molar-refractivity contribution in [1.82, 2.24) is 0 Å². The van der Waals surface area contributed by atoms with Gasteiger partial charge in [0, 0.05) is 11.5 Å². The average Bonchev–Trinajstić information content (AvgIpc) is 2.27. The Hall–Kier alpha value is 0.440. The Balaban J connectivity index is 2.54. The first-order valence-electron chi connectivity index (χ1n) is 4.91. The molecule has 0 saturated heterocycles. The molecule has 0 nitrogen and oxygen atoms in total. The molecule has 1 aliphatic rings. The summed E-state index contributed by atoms with van der Waals surface area (Å²) in [6.07, 6.45) is 1.90. The van der Waals surface area contributed by atoms with E-state index >= 15 is 0 Å². The zero-order chi connectivity index (χ0) is 13.5. The lowest BCUT2D eigenvalue weighted by atomic mass is 9.96. The normalized spacial score (nSPS) is 18.9. The first-order valence-corrected chi connectivity index (χ1v) is 7.17. The highest BCUT2D eigenvalue weighted by molar-refractivity contribution is 6.56. The minimum Gasteiger partial charge on any atom is -0.0959 e. The Morgan fingerprint density at radius 2 is 1.61 bits per heavy atom. The molecule has 0 unspecified atom stereocenters. The van der Waals surface area contributed by atoms with Crippen molar-refractivity contribution in [2.75, 3.05) is 0 Å². The number of hydrogen-bond acceptors (Lipinski definition) is 0. The van der Waals surface area contributed by atoms with Crippen LogP contribution in [-0.2, 0) is 0 Å². The molecule has 0 saturated carbocycles. The van der Waals surface area contributed by atoms with E-state index in [1.807, 2.05) is 0 Å². The van der Waals surface area contributed by atoms with E-state index < -0.39 is 4.33 Å². The van der Waals surface area contributed by atoms with E-state index in [0.29, 0.717) is 25.7 Å². The molecule has 0 fully saturated rings. The fourth-order valence-corrected chi connectivity index (χ4v) is 3.10. The molecule has 0 spiro atoms. The Bertz CT molecular complexity index is 556.